The summed E-state index contributed by atoms with van der Waals surface area (Å²) < 4.78 is 0. The number of aromatic nitrogens is 2. The van der Waals surface area contributed by atoms with Gasteiger partial charge in [-0.1, -0.05) is 43.7 Å². The molecule has 1 heterocycles. The molecule has 2 N–H and O–H groups in total. The van der Waals surface area contributed by atoms with Gasteiger partial charge in [-0.3, -0.25) is 4.79 Å². The van der Waals surface area contributed by atoms with Crippen molar-refractivity contribution in [2.24, 2.45) is 0 Å². The SMILES string of the molecule is Cc1cccc(-c2c(O)nc(CSC(C)C)[nH]c2=O)c1. The molecule has 106 valence electrons. The normalized spacial score (nSPS) is 11.0. The summed E-state index contributed by atoms with van der Waals surface area (Å²) >= 11 is 1.66. The molecule has 20 heavy (non-hydrogen) atoms. The molecular weight excluding hydrogens is 272 g/mol. The van der Waals surface area contributed by atoms with Crippen LogP contribution in [0.3, 0.4) is 0 Å². The Bertz CT molecular complexity index is 665. The molecule has 0 aliphatic carbocycles. The van der Waals surface area contributed by atoms with Crippen molar-refractivity contribution < 1.29 is 5.11 Å². The zero-order valence-electron chi connectivity index (χ0n) is 11.8. The number of hydrogen-bond donors (Lipinski definition) is 2. The second kappa shape index (κ2) is 6.13. The molecule has 0 saturated carbocycles. The van der Waals surface area contributed by atoms with Crippen molar-refractivity contribution in [3.63, 3.8) is 0 Å². The predicted octanol–water partition coefficient (Wildman–Crippen LogP) is 3.09. The molecule has 0 fully saturated rings. The Labute approximate surface area is 122 Å². The van der Waals surface area contributed by atoms with Gasteiger partial charge in [0.05, 0.1) is 5.75 Å². The first kappa shape index (κ1) is 14.7. The third-order valence-electron chi connectivity index (χ3n) is 2.81. The molecule has 1 aromatic carbocycles. The fourth-order valence-electron chi connectivity index (χ4n) is 1.88. The first-order valence-electron chi connectivity index (χ1n) is 6.48. The Morgan fingerprint density at radius 3 is 2.75 bits per heavy atom. The summed E-state index contributed by atoms with van der Waals surface area (Å²) in [7, 11) is 0. The lowest BCUT2D eigenvalue weighted by Crippen LogP contribution is -2.14. The molecule has 0 spiro atoms. The van der Waals surface area contributed by atoms with Crippen molar-refractivity contribution in [2.45, 2.75) is 31.8 Å². The lowest BCUT2D eigenvalue weighted by atomic mass is 10.1. The minimum absolute atomic E-state index is 0.210. The van der Waals surface area contributed by atoms with Crippen LogP contribution in [0.5, 0.6) is 5.88 Å². The summed E-state index contributed by atoms with van der Waals surface area (Å²) in [6, 6.07) is 7.44. The van der Waals surface area contributed by atoms with Crippen LogP contribution >= 0.6 is 11.8 Å². The third-order valence-corrected chi connectivity index (χ3v) is 3.92. The van der Waals surface area contributed by atoms with Crippen molar-refractivity contribution in [3.8, 4) is 17.0 Å². The van der Waals surface area contributed by atoms with Gasteiger partial charge in [0.15, 0.2) is 0 Å². The molecule has 4 nitrogen and oxygen atoms in total. The Morgan fingerprint density at radius 2 is 2.15 bits per heavy atom. The van der Waals surface area contributed by atoms with Crippen molar-refractivity contribution in [2.75, 3.05) is 0 Å². The van der Waals surface area contributed by atoms with Crippen LogP contribution in [0, 0.1) is 6.92 Å². The summed E-state index contributed by atoms with van der Waals surface area (Å²) in [5.74, 6) is 0.871. The van der Waals surface area contributed by atoms with E-state index in [0.717, 1.165) is 5.56 Å². The van der Waals surface area contributed by atoms with Crippen molar-refractivity contribution >= 4 is 11.8 Å². The van der Waals surface area contributed by atoms with Crippen molar-refractivity contribution in [1.82, 2.24) is 9.97 Å². The molecule has 1 aromatic heterocycles. The Kier molecular flexibility index (Phi) is 4.49. The average molecular weight is 290 g/mol. The maximum absolute atomic E-state index is 12.2. The van der Waals surface area contributed by atoms with Gasteiger partial charge in [-0.15, -0.1) is 0 Å². The highest BCUT2D eigenvalue weighted by Crippen LogP contribution is 2.25. The Hall–Kier alpha value is -1.75. The van der Waals surface area contributed by atoms with Crippen molar-refractivity contribution in [3.05, 3.63) is 46.0 Å². The van der Waals surface area contributed by atoms with Crippen LogP contribution in [0.4, 0.5) is 0 Å². The third kappa shape index (κ3) is 3.42. The second-order valence-electron chi connectivity index (χ2n) is 4.94. The first-order chi connectivity index (χ1) is 9.47. The van der Waals surface area contributed by atoms with Crippen LogP contribution in [-0.2, 0) is 5.75 Å². The molecule has 2 aromatic rings. The van der Waals surface area contributed by atoms with Gasteiger partial charge in [0.1, 0.15) is 11.4 Å². The van der Waals surface area contributed by atoms with Gasteiger partial charge in [-0.25, -0.2) is 0 Å². The second-order valence-corrected chi connectivity index (χ2v) is 6.51. The quantitative estimate of drug-likeness (QED) is 0.908. The summed E-state index contributed by atoms with van der Waals surface area (Å²) in [4.78, 5) is 19.0. The molecule has 0 aliphatic heterocycles. The van der Waals surface area contributed by atoms with E-state index < -0.39 is 0 Å². The van der Waals surface area contributed by atoms with Gasteiger partial charge in [-0.2, -0.15) is 16.7 Å². The van der Waals surface area contributed by atoms with Crippen LogP contribution in [-0.4, -0.2) is 20.3 Å². The van der Waals surface area contributed by atoms with Crippen molar-refractivity contribution in [1.29, 1.82) is 0 Å². The molecule has 0 amide bonds. The fourth-order valence-corrected chi connectivity index (χ4v) is 2.51. The minimum atomic E-state index is -0.303. The number of aryl methyl sites for hydroxylation is 1. The number of thioether (sulfide) groups is 1. The zero-order valence-corrected chi connectivity index (χ0v) is 12.6. The van der Waals surface area contributed by atoms with Gasteiger partial charge in [0.25, 0.3) is 5.56 Å². The summed E-state index contributed by atoms with van der Waals surface area (Å²) in [5.41, 5.74) is 1.63. The van der Waals surface area contributed by atoms with E-state index in [0.29, 0.717) is 22.4 Å². The minimum Gasteiger partial charge on any atom is -0.493 e. The summed E-state index contributed by atoms with van der Waals surface area (Å²) in [5, 5.41) is 10.5. The maximum Gasteiger partial charge on any atom is 0.262 e. The zero-order chi connectivity index (χ0) is 14.7. The van der Waals surface area contributed by atoms with Gasteiger partial charge in [0.2, 0.25) is 5.88 Å². The number of benzene rings is 1. The Morgan fingerprint density at radius 1 is 1.40 bits per heavy atom. The van der Waals surface area contributed by atoms with E-state index in [2.05, 4.69) is 23.8 Å². The number of rotatable bonds is 4. The summed E-state index contributed by atoms with van der Waals surface area (Å²) in [6.45, 7) is 6.09. The standard InChI is InChI=1S/C15H18N2O2S/c1-9(2)20-8-12-16-14(18)13(15(19)17-12)11-6-4-5-10(3)7-11/h4-7,9H,8H2,1-3H3,(H2,16,17,18,19). The molecule has 0 aliphatic rings. The Balaban J connectivity index is 2.39. The molecule has 0 saturated heterocycles. The predicted molar refractivity (Wildman–Crippen MR) is 83.1 cm³/mol. The number of H-pyrrole nitrogens is 1. The lowest BCUT2D eigenvalue weighted by Gasteiger charge is -2.08. The van der Waals surface area contributed by atoms with Crippen LogP contribution in [0.25, 0.3) is 11.1 Å². The molecule has 0 radical (unpaired) electrons. The largest absolute Gasteiger partial charge is 0.493 e. The smallest absolute Gasteiger partial charge is 0.262 e. The highest BCUT2D eigenvalue weighted by Gasteiger charge is 2.13. The van der Waals surface area contributed by atoms with Gasteiger partial charge in [-0.05, 0) is 17.7 Å². The van der Waals surface area contributed by atoms with E-state index in [9.17, 15) is 9.90 Å². The molecule has 0 bridgehead atoms. The number of aromatic hydroxyl groups is 1. The van der Waals surface area contributed by atoms with E-state index in [4.69, 9.17) is 0 Å². The lowest BCUT2D eigenvalue weighted by molar-refractivity contribution is 0.451. The molecule has 0 unspecified atom stereocenters. The molecular formula is C15H18N2O2S. The highest BCUT2D eigenvalue weighted by atomic mass is 32.2. The van der Waals surface area contributed by atoms with Gasteiger partial charge < -0.3 is 10.1 Å². The van der Waals surface area contributed by atoms with E-state index in [1.165, 1.54) is 0 Å². The maximum atomic E-state index is 12.2. The monoisotopic (exact) mass is 290 g/mol. The topological polar surface area (TPSA) is 66.0 Å². The summed E-state index contributed by atoms with van der Waals surface area (Å²) in [6.07, 6.45) is 0. The fraction of sp³-hybridized carbons (Fsp3) is 0.333. The number of nitrogens with zero attached hydrogens (tertiary/aromatic N) is 1. The van der Waals surface area contributed by atoms with E-state index >= 15 is 0 Å². The number of aromatic amines is 1. The van der Waals surface area contributed by atoms with E-state index in [1.807, 2.05) is 25.1 Å². The molecule has 0 atom stereocenters. The highest BCUT2D eigenvalue weighted by molar-refractivity contribution is 7.99. The van der Waals surface area contributed by atoms with Crippen LogP contribution in [0.1, 0.15) is 25.2 Å². The van der Waals surface area contributed by atoms with Crippen LogP contribution in [0.15, 0.2) is 29.1 Å². The van der Waals surface area contributed by atoms with Crippen LogP contribution in [0.2, 0.25) is 0 Å². The first-order valence-corrected chi connectivity index (χ1v) is 7.53. The average Bonchev–Trinajstić information content (AvgIpc) is 2.35. The number of hydrogen-bond acceptors (Lipinski definition) is 4. The van der Waals surface area contributed by atoms with Crippen LogP contribution < -0.4 is 5.56 Å². The van der Waals surface area contributed by atoms with E-state index in [1.54, 1.807) is 17.8 Å². The van der Waals surface area contributed by atoms with Gasteiger partial charge in [0, 0.05) is 0 Å². The molecule has 2 rings (SSSR count). The van der Waals surface area contributed by atoms with Gasteiger partial charge >= 0.3 is 0 Å². The van der Waals surface area contributed by atoms with E-state index in [-0.39, 0.29) is 17.0 Å². The molecule has 5 heteroatoms. The number of nitrogens with one attached hydrogen (secondary N) is 1.